The molecule has 2 unspecified atom stereocenters. The molecule has 0 saturated heterocycles. The van der Waals surface area contributed by atoms with Crippen LogP contribution in [0.5, 0.6) is 0 Å². The number of benzene rings is 2. The maximum atomic E-state index is 5.99. The maximum Gasteiger partial charge on any atom is 0.0620 e. The van der Waals surface area contributed by atoms with Crippen LogP contribution in [0.15, 0.2) is 82.6 Å². The molecule has 1 aliphatic rings. The standard InChI is InChI=1S/C17H27NO.C17H26S.C2H6/c1-14-8-10-16(11-9-14)12-18-15(2)13-19-17-6-4-3-5-7-17;1-7-12-15(8-2)18(6,17(3,4)5)16-13-10-9-11-14-16;1-2/h8-11,15,17-18H,3-7,12-13H2,1-2H3;7-14H,1-6H3;1-2H3/b;12-7-,15-8+;. The first-order valence-corrected chi connectivity index (χ1v) is 17.2. The molecule has 0 radical (unpaired) electrons. The SMILES string of the molecule is C/C=C\C(=C/C)S(C)(c1ccccc1)C(C)(C)C.CC.Cc1ccc(CNC(C)COC2CCCCC2)cc1. The molecule has 0 heterocycles. The summed E-state index contributed by atoms with van der Waals surface area (Å²) in [5, 5.41) is 3.53. The van der Waals surface area contributed by atoms with Crippen molar-refractivity contribution in [3.8, 4) is 0 Å². The second-order valence-electron chi connectivity index (χ2n) is 11.4. The van der Waals surface area contributed by atoms with Gasteiger partial charge in [0.1, 0.15) is 0 Å². The van der Waals surface area contributed by atoms with Crippen LogP contribution in [0.1, 0.15) is 98.6 Å². The molecule has 1 fully saturated rings. The van der Waals surface area contributed by atoms with Crippen LogP contribution in [0.2, 0.25) is 0 Å². The molecule has 2 atom stereocenters. The van der Waals surface area contributed by atoms with Gasteiger partial charge in [-0.2, -0.15) is 10.0 Å². The summed E-state index contributed by atoms with van der Waals surface area (Å²) in [6.07, 6.45) is 16.2. The number of hydrogen-bond donors (Lipinski definition) is 1. The molecule has 1 N–H and O–H groups in total. The van der Waals surface area contributed by atoms with Crippen molar-refractivity contribution >= 4 is 10.0 Å². The lowest BCUT2D eigenvalue weighted by atomic mass is 9.98. The van der Waals surface area contributed by atoms with Crippen molar-refractivity contribution in [2.45, 2.75) is 123 Å². The van der Waals surface area contributed by atoms with E-state index in [9.17, 15) is 0 Å². The topological polar surface area (TPSA) is 21.3 Å². The van der Waals surface area contributed by atoms with Crippen molar-refractivity contribution in [2.24, 2.45) is 0 Å². The van der Waals surface area contributed by atoms with Crippen LogP contribution in [0.3, 0.4) is 0 Å². The highest BCUT2D eigenvalue weighted by Gasteiger charge is 2.35. The predicted octanol–water partition coefficient (Wildman–Crippen LogP) is 10.6. The Morgan fingerprint density at radius 2 is 1.56 bits per heavy atom. The summed E-state index contributed by atoms with van der Waals surface area (Å²) in [6, 6.07) is 20.1. The van der Waals surface area contributed by atoms with Gasteiger partial charge in [0.15, 0.2) is 0 Å². The lowest BCUT2D eigenvalue weighted by Gasteiger charge is -2.49. The van der Waals surface area contributed by atoms with E-state index in [4.69, 9.17) is 4.74 Å². The summed E-state index contributed by atoms with van der Waals surface area (Å²) in [5.74, 6) is 0. The fraction of sp³-hybridized carbons (Fsp3) is 0.556. The van der Waals surface area contributed by atoms with Gasteiger partial charge in [-0.05, 0) is 79.0 Å². The van der Waals surface area contributed by atoms with Crippen LogP contribution in [0.4, 0.5) is 0 Å². The number of ether oxygens (including phenoxy) is 1. The third kappa shape index (κ3) is 11.7. The molecule has 1 saturated carbocycles. The first-order chi connectivity index (χ1) is 18.6. The van der Waals surface area contributed by atoms with Crippen molar-refractivity contribution < 1.29 is 4.74 Å². The molecule has 2 aromatic carbocycles. The fourth-order valence-electron chi connectivity index (χ4n) is 4.74. The van der Waals surface area contributed by atoms with Crippen LogP contribution >= 0.6 is 10.0 Å². The molecule has 3 rings (SSSR count). The highest BCUT2D eigenvalue weighted by Crippen LogP contribution is 2.68. The molecule has 0 aliphatic heterocycles. The third-order valence-corrected chi connectivity index (χ3v) is 12.4. The van der Waals surface area contributed by atoms with E-state index in [1.54, 1.807) is 0 Å². The van der Waals surface area contributed by atoms with Crippen LogP contribution in [0.25, 0.3) is 0 Å². The number of rotatable bonds is 9. The van der Waals surface area contributed by atoms with Gasteiger partial charge in [0.05, 0.1) is 12.7 Å². The van der Waals surface area contributed by atoms with Gasteiger partial charge < -0.3 is 10.1 Å². The maximum absolute atomic E-state index is 5.99. The summed E-state index contributed by atoms with van der Waals surface area (Å²) in [4.78, 5) is 2.92. The Labute approximate surface area is 244 Å². The molecule has 220 valence electrons. The molecule has 2 nitrogen and oxygen atoms in total. The van der Waals surface area contributed by atoms with Crippen LogP contribution < -0.4 is 5.32 Å². The van der Waals surface area contributed by atoms with Crippen molar-refractivity contribution in [1.29, 1.82) is 0 Å². The summed E-state index contributed by atoms with van der Waals surface area (Å²) in [5.41, 5.74) is 2.66. The number of nitrogens with one attached hydrogen (secondary N) is 1. The van der Waals surface area contributed by atoms with Crippen molar-refractivity contribution in [3.63, 3.8) is 0 Å². The molecule has 0 bridgehead atoms. The van der Waals surface area contributed by atoms with Crippen LogP contribution in [0, 0.1) is 6.92 Å². The van der Waals surface area contributed by atoms with Gasteiger partial charge in [-0.1, -0.05) is 120 Å². The fourth-order valence-corrected chi connectivity index (χ4v) is 8.00. The summed E-state index contributed by atoms with van der Waals surface area (Å²) in [7, 11) is -1.01. The lowest BCUT2D eigenvalue weighted by Crippen LogP contribution is -2.32. The molecule has 2 aromatic rings. The quantitative estimate of drug-likeness (QED) is 0.312. The Hall–Kier alpha value is -1.81. The first-order valence-electron chi connectivity index (χ1n) is 15.1. The number of allylic oxidation sites excluding steroid dienone is 3. The van der Waals surface area contributed by atoms with Gasteiger partial charge in [0.25, 0.3) is 0 Å². The Morgan fingerprint density at radius 3 is 2.08 bits per heavy atom. The van der Waals surface area contributed by atoms with E-state index in [0.717, 1.165) is 13.2 Å². The number of hydrogen-bond acceptors (Lipinski definition) is 2. The van der Waals surface area contributed by atoms with E-state index >= 15 is 0 Å². The molecule has 0 spiro atoms. The predicted molar refractivity (Wildman–Crippen MR) is 178 cm³/mol. The molecule has 3 heteroatoms. The van der Waals surface area contributed by atoms with Gasteiger partial charge in [-0.15, -0.1) is 0 Å². The molecular weight excluding hydrogens is 494 g/mol. The summed E-state index contributed by atoms with van der Waals surface area (Å²) < 4.78 is 6.24. The normalized spacial score (nSPS) is 17.7. The molecular formula is C36H59NOS. The average Bonchev–Trinajstić information content (AvgIpc) is 2.96. The highest BCUT2D eigenvalue weighted by molar-refractivity contribution is 8.37. The Morgan fingerprint density at radius 1 is 0.974 bits per heavy atom. The second-order valence-corrected chi connectivity index (χ2v) is 15.4. The minimum atomic E-state index is -1.01. The first kappa shape index (κ1) is 35.2. The van der Waals surface area contributed by atoms with Gasteiger partial charge in [-0.3, -0.25) is 0 Å². The molecule has 39 heavy (non-hydrogen) atoms. The zero-order chi connectivity index (χ0) is 29.3. The van der Waals surface area contributed by atoms with E-state index in [-0.39, 0.29) is 4.75 Å². The van der Waals surface area contributed by atoms with E-state index in [2.05, 4.69) is 133 Å². The zero-order valence-electron chi connectivity index (χ0n) is 26.8. The zero-order valence-corrected chi connectivity index (χ0v) is 27.7. The van der Waals surface area contributed by atoms with Crippen LogP contribution in [-0.2, 0) is 11.3 Å². The second kappa shape index (κ2) is 18.5. The highest BCUT2D eigenvalue weighted by atomic mass is 32.3. The van der Waals surface area contributed by atoms with E-state index in [0.29, 0.717) is 12.1 Å². The molecule has 0 amide bonds. The summed E-state index contributed by atoms with van der Waals surface area (Å²) >= 11 is 0. The minimum Gasteiger partial charge on any atom is -0.377 e. The third-order valence-electron chi connectivity index (χ3n) is 7.44. The van der Waals surface area contributed by atoms with Crippen molar-refractivity contribution in [3.05, 3.63) is 88.9 Å². The van der Waals surface area contributed by atoms with Gasteiger partial charge in [0, 0.05) is 12.6 Å². The Balaban J connectivity index is 0.000000367. The monoisotopic (exact) mass is 553 g/mol. The van der Waals surface area contributed by atoms with Crippen molar-refractivity contribution in [2.75, 3.05) is 12.9 Å². The van der Waals surface area contributed by atoms with E-state index < -0.39 is 10.0 Å². The number of aryl methyl sites for hydroxylation is 1. The molecule has 1 aliphatic carbocycles. The Kier molecular flexibility index (Phi) is 16.7. The molecule has 0 aromatic heterocycles. The van der Waals surface area contributed by atoms with Gasteiger partial charge in [-0.25, -0.2) is 0 Å². The van der Waals surface area contributed by atoms with Crippen LogP contribution in [-0.4, -0.2) is 29.8 Å². The average molecular weight is 554 g/mol. The van der Waals surface area contributed by atoms with Crippen molar-refractivity contribution in [1.82, 2.24) is 5.32 Å². The van der Waals surface area contributed by atoms with Gasteiger partial charge >= 0.3 is 0 Å². The summed E-state index contributed by atoms with van der Waals surface area (Å²) in [6.45, 7) is 21.4. The smallest absolute Gasteiger partial charge is 0.0620 e. The Bertz CT molecular complexity index is 952. The van der Waals surface area contributed by atoms with Gasteiger partial charge in [0.2, 0.25) is 0 Å². The van der Waals surface area contributed by atoms with E-state index in [1.807, 2.05) is 13.8 Å². The minimum absolute atomic E-state index is 0.246. The largest absolute Gasteiger partial charge is 0.377 e. The lowest BCUT2D eigenvalue weighted by molar-refractivity contribution is 0.0180. The van der Waals surface area contributed by atoms with E-state index in [1.165, 1.54) is 53.0 Å².